The summed E-state index contributed by atoms with van der Waals surface area (Å²) in [6.45, 7) is 7.30. The molecule has 0 atom stereocenters. The molecule has 1 amide bonds. The molecule has 0 unspecified atom stereocenters. The van der Waals surface area contributed by atoms with Crippen LogP contribution in [0.2, 0.25) is 0 Å². The van der Waals surface area contributed by atoms with Crippen LogP contribution in [0, 0.1) is 0 Å². The van der Waals surface area contributed by atoms with E-state index in [1.807, 2.05) is 12.1 Å². The predicted molar refractivity (Wildman–Crippen MR) is 119 cm³/mol. The second-order valence-electron chi connectivity index (χ2n) is 7.50. The standard InChI is InChI=1S/C23H29N3O3S/c1-2-13-25-30(28,29)22-8-6-7-21(16-22)23(27)24-17-19-9-11-20(12-10-19)18-26-14-4-3-5-15-26/h2,6-12,16,25H,1,3-5,13-15,17-18H2,(H,24,27). The Bertz CT molecular complexity index is 965. The van der Waals surface area contributed by atoms with E-state index in [1.54, 1.807) is 12.1 Å². The number of rotatable bonds is 9. The number of hydrogen-bond donors (Lipinski definition) is 2. The molecule has 0 radical (unpaired) electrons. The topological polar surface area (TPSA) is 78.5 Å². The third-order valence-electron chi connectivity index (χ3n) is 5.16. The molecular formula is C23H29N3O3S. The molecule has 0 spiro atoms. The lowest BCUT2D eigenvalue weighted by Crippen LogP contribution is -2.29. The lowest BCUT2D eigenvalue weighted by molar-refractivity contribution is 0.0950. The molecule has 1 aliphatic rings. The highest BCUT2D eigenvalue weighted by atomic mass is 32.2. The van der Waals surface area contributed by atoms with Crippen molar-refractivity contribution in [2.75, 3.05) is 19.6 Å². The molecule has 0 aromatic heterocycles. The molecule has 1 fully saturated rings. The van der Waals surface area contributed by atoms with Crippen LogP contribution in [0.3, 0.4) is 0 Å². The zero-order valence-electron chi connectivity index (χ0n) is 17.1. The van der Waals surface area contributed by atoms with Gasteiger partial charge in [-0.05, 0) is 55.3 Å². The average Bonchev–Trinajstić information content (AvgIpc) is 2.78. The van der Waals surface area contributed by atoms with Crippen LogP contribution in [0.1, 0.15) is 40.7 Å². The van der Waals surface area contributed by atoms with E-state index < -0.39 is 10.0 Å². The fourth-order valence-electron chi connectivity index (χ4n) is 3.48. The van der Waals surface area contributed by atoms with E-state index in [1.165, 1.54) is 43.0 Å². The van der Waals surface area contributed by atoms with Crippen molar-refractivity contribution in [2.45, 2.75) is 37.2 Å². The Morgan fingerprint density at radius 3 is 2.43 bits per heavy atom. The quantitative estimate of drug-likeness (QED) is 0.603. The van der Waals surface area contributed by atoms with E-state index in [9.17, 15) is 13.2 Å². The molecule has 2 N–H and O–H groups in total. The molecule has 3 rings (SSSR count). The number of benzene rings is 2. The molecule has 0 aliphatic carbocycles. The summed E-state index contributed by atoms with van der Waals surface area (Å²) in [5.74, 6) is -0.312. The first-order valence-electron chi connectivity index (χ1n) is 10.3. The lowest BCUT2D eigenvalue weighted by atomic mass is 10.1. The maximum absolute atomic E-state index is 12.5. The number of amides is 1. The van der Waals surface area contributed by atoms with Gasteiger partial charge in [0.25, 0.3) is 5.91 Å². The maximum Gasteiger partial charge on any atom is 0.251 e. The van der Waals surface area contributed by atoms with Crippen molar-refractivity contribution in [3.8, 4) is 0 Å². The third-order valence-corrected chi connectivity index (χ3v) is 6.58. The molecule has 2 aromatic carbocycles. The monoisotopic (exact) mass is 427 g/mol. The number of likely N-dealkylation sites (tertiary alicyclic amines) is 1. The summed E-state index contributed by atoms with van der Waals surface area (Å²) >= 11 is 0. The first-order valence-corrected chi connectivity index (χ1v) is 11.8. The second-order valence-corrected chi connectivity index (χ2v) is 9.27. The van der Waals surface area contributed by atoms with Crippen LogP contribution in [-0.2, 0) is 23.1 Å². The van der Waals surface area contributed by atoms with Gasteiger partial charge in [0.2, 0.25) is 10.0 Å². The van der Waals surface area contributed by atoms with Crippen molar-refractivity contribution in [1.82, 2.24) is 14.9 Å². The van der Waals surface area contributed by atoms with E-state index in [4.69, 9.17) is 0 Å². The van der Waals surface area contributed by atoms with Gasteiger partial charge in [-0.1, -0.05) is 42.8 Å². The molecule has 0 saturated carbocycles. The van der Waals surface area contributed by atoms with Crippen molar-refractivity contribution in [3.05, 3.63) is 77.9 Å². The number of carbonyl (C=O) groups is 1. The van der Waals surface area contributed by atoms with Gasteiger partial charge < -0.3 is 5.32 Å². The fourth-order valence-corrected chi connectivity index (χ4v) is 4.52. The number of hydrogen-bond acceptors (Lipinski definition) is 4. The molecule has 0 bridgehead atoms. The molecule has 1 heterocycles. The van der Waals surface area contributed by atoms with Crippen molar-refractivity contribution in [2.24, 2.45) is 0 Å². The summed E-state index contributed by atoms with van der Waals surface area (Å²) in [4.78, 5) is 15.0. The summed E-state index contributed by atoms with van der Waals surface area (Å²) in [5, 5.41) is 2.86. The first-order chi connectivity index (χ1) is 14.5. The van der Waals surface area contributed by atoms with Crippen LogP contribution in [0.25, 0.3) is 0 Å². The van der Waals surface area contributed by atoms with Gasteiger partial charge >= 0.3 is 0 Å². The molecular weight excluding hydrogens is 398 g/mol. The van der Waals surface area contributed by atoms with Crippen molar-refractivity contribution in [1.29, 1.82) is 0 Å². The Labute approximate surface area is 179 Å². The van der Waals surface area contributed by atoms with Gasteiger partial charge in [0.15, 0.2) is 0 Å². The van der Waals surface area contributed by atoms with E-state index in [2.05, 4.69) is 33.7 Å². The summed E-state index contributed by atoms with van der Waals surface area (Å²) in [5.41, 5.74) is 2.58. The molecule has 6 nitrogen and oxygen atoms in total. The number of carbonyl (C=O) groups excluding carboxylic acids is 1. The minimum absolute atomic E-state index is 0.0547. The minimum Gasteiger partial charge on any atom is -0.348 e. The number of nitrogens with zero attached hydrogens (tertiary/aromatic N) is 1. The fraction of sp³-hybridized carbons (Fsp3) is 0.348. The summed E-state index contributed by atoms with van der Waals surface area (Å²) < 4.78 is 26.9. The van der Waals surface area contributed by atoms with E-state index >= 15 is 0 Å². The second kappa shape index (κ2) is 10.5. The normalized spacial score (nSPS) is 14.9. The zero-order chi connectivity index (χ0) is 21.4. The Balaban J connectivity index is 1.56. The van der Waals surface area contributed by atoms with Gasteiger partial charge in [-0.3, -0.25) is 9.69 Å². The highest BCUT2D eigenvalue weighted by Gasteiger charge is 2.15. The largest absolute Gasteiger partial charge is 0.348 e. The Hall–Kier alpha value is -2.48. The van der Waals surface area contributed by atoms with Gasteiger partial charge in [0.1, 0.15) is 0 Å². The summed E-state index contributed by atoms with van der Waals surface area (Å²) in [6.07, 6.45) is 5.34. The molecule has 30 heavy (non-hydrogen) atoms. The smallest absolute Gasteiger partial charge is 0.251 e. The Kier molecular flexibility index (Phi) is 7.79. The van der Waals surface area contributed by atoms with Gasteiger partial charge in [0, 0.05) is 25.2 Å². The summed E-state index contributed by atoms with van der Waals surface area (Å²) in [7, 11) is -3.67. The van der Waals surface area contributed by atoms with Gasteiger partial charge in [0.05, 0.1) is 4.90 Å². The third kappa shape index (κ3) is 6.26. The van der Waals surface area contributed by atoms with Gasteiger partial charge in [-0.25, -0.2) is 13.1 Å². The van der Waals surface area contributed by atoms with Gasteiger partial charge in [-0.15, -0.1) is 6.58 Å². The zero-order valence-corrected chi connectivity index (χ0v) is 18.0. The average molecular weight is 428 g/mol. The SMILES string of the molecule is C=CCNS(=O)(=O)c1cccc(C(=O)NCc2ccc(CN3CCCCC3)cc2)c1. The van der Waals surface area contributed by atoms with E-state index in [-0.39, 0.29) is 17.3 Å². The van der Waals surface area contributed by atoms with Crippen molar-refractivity contribution >= 4 is 15.9 Å². The van der Waals surface area contributed by atoms with Crippen LogP contribution in [0.4, 0.5) is 0 Å². The predicted octanol–water partition coefficient (Wildman–Crippen LogP) is 3.07. The Morgan fingerprint density at radius 1 is 1.03 bits per heavy atom. The van der Waals surface area contributed by atoms with Gasteiger partial charge in [-0.2, -0.15) is 0 Å². The number of piperidine rings is 1. The van der Waals surface area contributed by atoms with Crippen molar-refractivity contribution in [3.63, 3.8) is 0 Å². The molecule has 1 aliphatic heterocycles. The molecule has 1 saturated heterocycles. The first kappa shape index (κ1) is 22.2. The van der Waals surface area contributed by atoms with Crippen LogP contribution >= 0.6 is 0 Å². The lowest BCUT2D eigenvalue weighted by Gasteiger charge is -2.26. The van der Waals surface area contributed by atoms with E-state index in [0.717, 1.165) is 25.2 Å². The summed E-state index contributed by atoms with van der Waals surface area (Å²) in [6, 6.07) is 14.3. The van der Waals surface area contributed by atoms with Crippen LogP contribution in [0.15, 0.2) is 66.1 Å². The van der Waals surface area contributed by atoms with E-state index in [0.29, 0.717) is 12.1 Å². The Morgan fingerprint density at radius 2 is 1.73 bits per heavy atom. The highest BCUT2D eigenvalue weighted by Crippen LogP contribution is 2.14. The maximum atomic E-state index is 12.5. The van der Waals surface area contributed by atoms with Crippen LogP contribution < -0.4 is 10.0 Å². The molecule has 2 aromatic rings. The van der Waals surface area contributed by atoms with Crippen LogP contribution in [0.5, 0.6) is 0 Å². The molecule has 7 heteroatoms. The highest BCUT2D eigenvalue weighted by molar-refractivity contribution is 7.89. The molecule has 160 valence electrons. The van der Waals surface area contributed by atoms with Crippen molar-refractivity contribution < 1.29 is 13.2 Å². The minimum atomic E-state index is -3.67. The number of nitrogens with one attached hydrogen (secondary N) is 2. The van der Waals surface area contributed by atoms with Crippen LogP contribution in [-0.4, -0.2) is 38.9 Å². The number of sulfonamides is 1.